The number of nitrogens with one attached hydrogen (secondary N) is 1. The Morgan fingerprint density at radius 2 is 0.653 bits per heavy atom. The van der Waals surface area contributed by atoms with E-state index >= 15 is 0 Å². The van der Waals surface area contributed by atoms with Crippen LogP contribution in [0.3, 0.4) is 0 Å². The van der Waals surface area contributed by atoms with Gasteiger partial charge in [0.05, 0.1) is 38.6 Å². The van der Waals surface area contributed by atoms with Gasteiger partial charge >= 0.3 is 0 Å². The van der Waals surface area contributed by atoms with Crippen molar-refractivity contribution >= 4 is 5.91 Å². The van der Waals surface area contributed by atoms with Gasteiger partial charge in [-0.1, -0.05) is 327 Å². The molecule has 578 valence electrons. The van der Waals surface area contributed by atoms with E-state index in [9.17, 15) is 61.0 Å². The summed E-state index contributed by atoms with van der Waals surface area (Å²) in [5, 5.41) is 121. The van der Waals surface area contributed by atoms with Gasteiger partial charge < -0.3 is 89.9 Å². The van der Waals surface area contributed by atoms with Crippen molar-refractivity contribution < 1.29 is 89.4 Å². The summed E-state index contributed by atoms with van der Waals surface area (Å²) in [6.07, 6.45) is 46.6. The lowest BCUT2D eigenvalue weighted by Gasteiger charge is -2.48. The predicted molar refractivity (Wildman–Crippen MR) is 388 cm³/mol. The molecule has 0 bridgehead atoms. The molecule has 0 aromatic rings. The van der Waals surface area contributed by atoms with Gasteiger partial charge in [-0.25, -0.2) is 0 Å². The van der Waals surface area contributed by atoms with Crippen LogP contribution in [0.1, 0.15) is 341 Å². The van der Waals surface area contributed by atoms with E-state index in [1.807, 2.05) is 6.08 Å². The minimum atomic E-state index is -1.98. The maximum atomic E-state index is 13.4. The Morgan fingerprint density at radius 3 is 1.02 bits per heavy atom. The van der Waals surface area contributed by atoms with Crippen molar-refractivity contribution in [2.45, 2.75) is 446 Å². The molecule has 0 radical (unpaired) electrons. The van der Waals surface area contributed by atoms with E-state index in [1.54, 1.807) is 6.08 Å². The normalized spacial score (nSPS) is 26.8. The summed E-state index contributed by atoms with van der Waals surface area (Å²) >= 11 is 0. The van der Waals surface area contributed by atoms with Crippen LogP contribution >= 0.6 is 0 Å². The summed E-state index contributed by atoms with van der Waals surface area (Å²) in [6, 6.07) is -0.987. The Balaban J connectivity index is 1.26. The number of carbonyl (C=O) groups is 1. The molecule has 12 N–H and O–H groups in total. The lowest BCUT2D eigenvalue weighted by atomic mass is 9.96. The average Bonchev–Trinajstić information content (AvgIpc) is 0.784. The number of aliphatic hydroxyl groups excluding tert-OH is 11. The van der Waals surface area contributed by atoms with Crippen LogP contribution in [-0.4, -0.2) is 193 Å². The molecule has 0 aliphatic carbocycles. The summed E-state index contributed by atoms with van der Waals surface area (Å²) in [7, 11) is 0. The fraction of sp³-hybridized carbons (Fsp3) is 0.937. The number of carbonyl (C=O) groups excluding carboxylic acids is 1. The third kappa shape index (κ3) is 40.5. The van der Waals surface area contributed by atoms with Crippen molar-refractivity contribution in [1.82, 2.24) is 5.32 Å². The van der Waals surface area contributed by atoms with Gasteiger partial charge in [0, 0.05) is 6.42 Å². The van der Waals surface area contributed by atoms with Crippen molar-refractivity contribution in [3.8, 4) is 0 Å². The Labute approximate surface area is 594 Å². The van der Waals surface area contributed by atoms with Crippen LogP contribution in [0.4, 0.5) is 0 Å². The number of hydrogen-bond acceptors (Lipinski definition) is 18. The highest BCUT2D eigenvalue weighted by atomic mass is 16.8. The molecule has 0 aromatic carbocycles. The molecule has 3 saturated heterocycles. The van der Waals surface area contributed by atoms with Gasteiger partial charge in [0.25, 0.3) is 0 Å². The Bertz CT molecular complexity index is 1870. The highest BCUT2D eigenvalue weighted by molar-refractivity contribution is 5.76. The molecule has 3 heterocycles. The number of hydrogen-bond donors (Lipinski definition) is 12. The summed E-state index contributed by atoms with van der Waals surface area (Å²) in [6.45, 7) is 1.74. The van der Waals surface area contributed by atoms with Gasteiger partial charge in [-0.2, -0.15) is 0 Å². The smallest absolute Gasteiger partial charge is 0.220 e. The first-order chi connectivity index (χ1) is 47.8. The van der Waals surface area contributed by atoms with Crippen molar-refractivity contribution in [1.29, 1.82) is 0 Å². The zero-order valence-corrected chi connectivity index (χ0v) is 61.8. The van der Waals surface area contributed by atoms with Crippen LogP contribution in [0.2, 0.25) is 0 Å². The average molecular weight is 1400 g/mol. The first-order valence-electron chi connectivity index (χ1n) is 40.6. The van der Waals surface area contributed by atoms with E-state index in [0.29, 0.717) is 12.8 Å². The number of rotatable bonds is 65. The van der Waals surface area contributed by atoms with E-state index in [4.69, 9.17) is 28.4 Å². The van der Waals surface area contributed by atoms with E-state index in [2.05, 4.69) is 31.3 Å². The second-order valence-electron chi connectivity index (χ2n) is 29.2. The standard InChI is InChI=1S/C79H149NO18/c1-3-5-7-9-11-13-15-17-18-19-20-21-22-23-24-25-26-27-28-29-30-31-32-33-34-35-36-37-38-39-40-41-42-43-45-47-49-51-53-55-57-67(85)80-62(63(84)56-54-52-50-48-46-44-16-14-12-10-8-6-4-2)61-93-77-73(91)70(88)75(65(59-82)95-77)98-79-74(92)71(89)76(66(60-83)96-79)97-78-72(90)69(87)68(86)64(58-81)94-78/h46,48,54,56,62-66,68-79,81-84,86-92H,3-45,47,49-53,55,57-61H2,1-2H3,(H,80,85)/b48-46+,56-54+. The molecule has 3 aliphatic heterocycles. The molecule has 19 heteroatoms. The third-order valence-electron chi connectivity index (χ3n) is 20.5. The van der Waals surface area contributed by atoms with E-state index < -0.39 is 124 Å². The van der Waals surface area contributed by atoms with E-state index in [0.717, 1.165) is 38.5 Å². The summed E-state index contributed by atoms with van der Waals surface area (Å²) in [5.74, 6) is -0.280. The SMILES string of the molecule is CCCCCCCCC/C=C/CC/C=C/C(O)C(COC1OC(CO)C(OC2OC(CO)C(OC3OC(CO)C(O)C(O)C3O)C(O)C2O)C(O)C1O)NC(=O)CCCCCCCCCCCCCCCCCCCCCCCCCCCCCCCCCCCCCCCCCC. The molecule has 19 nitrogen and oxygen atoms in total. The third-order valence-corrected chi connectivity index (χ3v) is 20.5. The highest BCUT2D eigenvalue weighted by Gasteiger charge is 2.54. The molecule has 17 atom stereocenters. The van der Waals surface area contributed by atoms with Gasteiger partial charge in [-0.15, -0.1) is 0 Å². The van der Waals surface area contributed by atoms with Crippen LogP contribution in [0.15, 0.2) is 24.3 Å². The van der Waals surface area contributed by atoms with Gasteiger partial charge in [-0.3, -0.25) is 4.79 Å². The monoisotopic (exact) mass is 1400 g/mol. The van der Waals surface area contributed by atoms with Crippen molar-refractivity contribution in [3.05, 3.63) is 24.3 Å². The molecule has 98 heavy (non-hydrogen) atoms. The first-order valence-corrected chi connectivity index (χ1v) is 40.6. The first kappa shape index (κ1) is 90.5. The van der Waals surface area contributed by atoms with Crippen LogP contribution < -0.4 is 5.32 Å². The van der Waals surface area contributed by atoms with Crippen LogP contribution in [0.5, 0.6) is 0 Å². The molecule has 3 fully saturated rings. The lowest BCUT2D eigenvalue weighted by molar-refractivity contribution is -0.379. The molecular weight excluding hydrogens is 1250 g/mol. The number of aliphatic hydroxyl groups is 11. The van der Waals surface area contributed by atoms with E-state index in [-0.39, 0.29) is 18.9 Å². The lowest BCUT2D eigenvalue weighted by Crippen LogP contribution is -2.66. The molecule has 3 rings (SSSR count). The van der Waals surface area contributed by atoms with Crippen LogP contribution in [0, 0.1) is 0 Å². The summed E-state index contributed by atoms with van der Waals surface area (Å²) in [4.78, 5) is 13.4. The molecular formula is C79H149NO18. The number of ether oxygens (including phenoxy) is 6. The number of allylic oxidation sites excluding steroid dienone is 3. The van der Waals surface area contributed by atoms with Gasteiger partial charge in [0.2, 0.25) is 5.91 Å². The fourth-order valence-electron chi connectivity index (χ4n) is 14.0. The zero-order chi connectivity index (χ0) is 71.1. The Hall–Kier alpha value is -1.73. The maximum absolute atomic E-state index is 13.4. The summed E-state index contributed by atoms with van der Waals surface area (Å²) < 4.78 is 34.3. The van der Waals surface area contributed by atoms with Crippen LogP contribution in [0.25, 0.3) is 0 Å². The highest BCUT2D eigenvalue weighted by Crippen LogP contribution is 2.33. The fourth-order valence-corrected chi connectivity index (χ4v) is 14.0. The Morgan fingerprint density at radius 1 is 0.357 bits per heavy atom. The van der Waals surface area contributed by atoms with Gasteiger partial charge in [-0.05, 0) is 32.1 Å². The molecule has 17 unspecified atom stereocenters. The van der Waals surface area contributed by atoms with Crippen molar-refractivity contribution in [2.75, 3.05) is 26.4 Å². The van der Waals surface area contributed by atoms with Crippen molar-refractivity contribution in [3.63, 3.8) is 0 Å². The maximum Gasteiger partial charge on any atom is 0.220 e. The molecule has 0 aromatic heterocycles. The number of amides is 1. The zero-order valence-electron chi connectivity index (χ0n) is 61.8. The summed E-state index contributed by atoms with van der Waals surface area (Å²) in [5.41, 5.74) is 0. The van der Waals surface area contributed by atoms with Crippen molar-refractivity contribution in [2.24, 2.45) is 0 Å². The predicted octanol–water partition coefficient (Wildman–Crippen LogP) is 13.3. The molecule has 0 spiro atoms. The molecule has 1 amide bonds. The second-order valence-corrected chi connectivity index (χ2v) is 29.2. The molecule has 0 saturated carbocycles. The van der Waals surface area contributed by atoms with Crippen LogP contribution in [-0.2, 0) is 33.2 Å². The topological polar surface area (TPSA) is 307 Å². The second kappa shape index (κ2) is 60.5. The molecule has 3 aliphatic rings. The Kier molecular flexibility index (Phi) is 55.9. The quantitative estimate of drug-likeness (QED) is 0.0199. The van der Waals surface area contributed by atoms with E-state index in [1.165, 1.54) is 270 Å². The number of unbranched alkanes of at least 4 members (excludes halogenated alkanes) is 47. The minimum absolute atomic E-state index is 0.241. The minimum Gasteiger partial charge on any atom is -0.394 e. The van der Waals surface area contributed by atoms with Gasteiger partial charge in [0.1, 0.15) is 73.2 Å². The largest absolute Gasteiger partial charge is 0.394 e. The van der Waals surface area contributed by atoms with Gasteiger partial charge in [0.15, 0.2) is 18.9 Å².